The second-order valence-corrected chi connectivity index (χ2v) is 15.4. The predicted octanol–water partition coefficient (Wildman–Crippen LogP) is 6.09. The van der Waals surface area contributed by atoms with E-state index in [0.29, 0.717) is 30.4 Å². The number of nitrogens with zero attached hydrogens (tertiary/aromatic N) is 4. The quantitative estimate of drug-likeness (QED) is 0.254. The van der Waals surface area contributed by atoms with Crippen molar-refractivity contribution in [1.29, 1.82) is 0 Å². The Labute approximate surface area is 274 Å². The van der Waals surface area contributed by atoms with E-state index < -0.39 is 5.66 Å². The first-order valence-corrected chi connectivity index (χ1v) is 16.8. The highest BCUT2D eigenvalue weighted by Gasteiger charge is 2.53. The summed E-state index contributed by atoms with van der Waals surface area (Å²) in [6.45, 7) is 14.6. The van der Waals surface area contributed by atoms with Crippen molar-refractivity contribution in [2.75, 3.05) is 13.1 Å². The van der Waals surface area contributed by atoms with Crippen LogP contribution in [0.4, 0.5) is 0 Å². The molecule has 4 N–H and O–H groups in total. The maximum Gasteiger partial charge on any atom is 0.291 e. The van der Waals surface area contributed by atoms with E-state index in [1.54, 1.807) is 0 Å². The van der Waals surface area contributed by atoms with Crippen LogP contribution < -0.4 is 21.6 Å². The minimum atomic E-state index is -0.486. The minimum absolute atomic E-state index is 0.0187. The first-order chi connectivity index (χ1) is 21.8. The Hall–Kier alpha value is -3.79. The Morgan fingerprint density at radius 1 is 1.04 bits per heavy atom. The van der Waals surface area contributed by atoms with E-state index in [9.17, 15) is 9.59 Å². The summed E-state index contributed by atoms with van der Waals surface area (Å²) in [6, 6.07) is 17.9. The molecule has 2 amide bonds. The Morgan fingerprint density at radius 2 is 1.74 bits per heavy atom. The number of rotatable bonds is 10. The number of benzene rings is 2. The molecule has 46 heavy (non-hydrogen) atoms. The van der Waals surface area contributed by atoms with E-state index in [-0.39, 0.29) is 34.9 Å². The Balaban J connectivity index is 1.42. The van der Waals surface area contributed by atoms with Crippen LogP contribution in [0.3, 0.4) is 0 Å². The average Bonchev–Trinajstić information content (AvgIpc) is 3.63. The van der Waals surface area contributed by atoms with Crippen LogP contribution in [0.15, 0.2) is 69.9 Å². The Bertz CT molecular complexity index is 1400. The van der Waals surface area contributed by atoms with Crippen LogP contribution in [0, 0.1) is 16.7 Å². The molecule has 3 aliphatic rings. The number of carbonyl (C=O) groups excluding carboxylic acids is 2. The number of amidine groups is 1. The van der Waals surface area contributed by atoms with Crippen molar-refractivity contribution < 1.29 is 9.59 Å². The lowest BCUT2D eigenvalue weighted by molar-refractivity contribution is -0.133. The number of hydrogen-bond acceptors (Lipinski definition) is 7. The number of hydrogen-bond donors (Lipinski definition) is 4. The molecule has 0 radical (unpaired) electrons. The Morgan fingerprint density at radius 3 is 2.35 bits per heavy atom. The van der Waals surface area contributed by atoms with Gasteiger partial charge in [-0.1, -0.05) is 89.2 Å². The number of aliphatic imine (C=N–C) groups is 1. The molecule has 1 saturated carbocycles. The van der Waals surface area contributed by atoms with Crippen LogP contribution in [0.2, 0.25) is 0 Å². The summed E-state index contributed by atoms with van der Waals surface area (Å²) in [5, 5.41) is 14.3. The largest absolute Gasteiger partial charge is 0.348 e. The van der Waals surface area contributed by atoms with E-state index in [2.05, 4.69) is 90.5 Å². The summed E-state index contributed by atoms with van der Waals surface area (Å²) >= 11 is 0. The molecule has 1 spiro atoms. The maximum absolute atomic E-state index is 14.5. The number of nitrogens with one attached hydrogen (secondary N) is 4. The number of hydrazine groups is 1. The van der Waals surface area contributed by atoms with Crippen molar-refractivity contribution >= 4 is 17.6 Å². The van der Waals surface area contributed by atoms with Gasteiger partial charge in [-0.25, -0.2) is 5.53 Å². The molecule has 1 aliphatic carbocycles. The molecule has 1 saturated heterocycles. The fourth-order valence-corrected chi connectivity index (χ4v) is 6.94. The standard InChI is InChI=1S/C36H52N8O2/c1-34(2,3)20-18-29(26-12-14-27(15-13-26)32(45)38-24-30-40-42-43-41-30)44-33(46)31(37-23-19-25-10-8-7-9-11-25)39-36(44)21-16-28(17-22-36)35(4,5)6/h7-15,28-30H,16-24H2,1-6H3,(H,37,39)(H,38,45)(H,40,43)(H,41,42). The van der Waals surface area contributed by atoms with Crippen molar-refractivity contribution in [3.8, 4) is 0 Å². The summed E-state index contributed by atoms with van der Waals surface area (Å²) < 4.78 is 0. The second-order valence-electron chi connectivity index (χ2n) is 15.4. The van der Waals surface area contributed by atoms with Gasteiger partial charge >= 0.3 is 0 Å². The van der Waals surface area contributed by atoms with Gasteiger partial charge in [-0.3, -0.25) is 14.6 Å². The molecule has 0 bridgehead atoms. The van der Waals surface area contributed by atoms with Gasteiger partial charge in [-0.2, -0.15) is 5.43 Å². The van der Waals surface area contributed by atoms with Crippen LogP contribution in [0.25, 0.3) is 0 Å². The van der Waals surface area contributed by atoms with E-state index in [0.717, 1.165) is 50.5 Å². The molecule has 10 nitrogen and oxygen atoms in total. The van der Waals surface area contributed by atoms with Crippen molar-refractivity contribution in [3.05, 3.63) is 71.3 Å². The molecule has 2 aromatic carbocycles. The summed E-state index contributed by atoms with van der Waals surface area (Å²) in [5.74, 6) is 0.882. The third-order valence-electron chi connectivity index (χ3n) is 9.76. The van der Waals surface area contributed by atoms with Gasteiger partial charge in [0.25, 0.3) is 11.8 Å². The summed E-state index contributed by atoms with van der Waals surface area (Å²) in [4.78, 5) is 34.4. The molecule has 2 heterocycles. The van der Waals surface area contributed by atoms with Gasteiger partial charge in [0, 0.05) is 12.1 Å². The lowest BCUT2D eigenvalue weighted by Crippen LogP contribution is -2.56. The number of amides is 2. The van der Waals surface area contributed by atoms with E-state index >= 15 is 0 Å². The third kappa shape index (κ3) is 8.13. The van der Waals surface area contributed by atoms with Gasteiger partial charge in [0.1, 0.15) is 5.66 Å². The minimum Gasteiger partial charge on any atom is -0.348 e. The number of carbonyl (C=O) groups is 2. The lowest BCUT2D eigenvalue weighted by Gasteiger charge is -2.48. The van der Waals surface area contributed by atoms with Gasteiger partial charge < -0.3 is 15.5 Å². The fraction of sp³-hybridized carbons (Fsp3) is 0.583. The molecule has 5 rings (SSSR count). The molecular formula is C36H52N8O2. The highest BCUT2D eigenvalue weighted by molar-refractivity contribution is 6.40. The molecule has 2 unspecified atom stereocenters. The molecule has 248 valence electrons. The predicted molar refractivity (Wildman–Crippen MR) is 182 cm³/mol. The first-order valence-electron chi connectivity index (χ1n) is 16.8. The fourth-order valence-electron chi connectivity index (χ4n) is 6.94. The zero-order valence-electron chi connectivity index (χ0n) is 28.4. The van der Waals surface area contributed by atoms with Crippen LogP contribution >= 0.6 is 0 Å². The van der Waals surface area contributed by atoms with Crippen LogP contribution in [-0.2, 0) is 11.2 Å². The third-order valence-corrected chi connectivity index (χ3v) is 9.76. The summed E-state index contributed by atoms with van der Waals surface area (Å²) in [7, 11) is 0. The Kier molecular flexibility index (Phi) is 10.2. The second kappa shape index (κ2) is 13.9. The van der Waals surface area contributed by atoms with Crippen molar-refractivity contribution in [2.45, 2.75) is 104 Å². The van der Waals surface area contributed by atoms with Gasteiger partial charge in [-0.15, -0.1) is 5.11 Å². The topological polar surface area (TPSA) is 123 Å². The van der Waals surface area contributed by atoms with Crippen LogP contribution in [0.1, 0.15) is 108 Å². The van der Waals surface area contributed by atoms with E-state index in [4.69, 9.17) is 4.99 Å². The smallest absolute Gasteiger partial charge is 0.291 e. The van der Waals surface area contributed by atoms with Crippen molar-refractivity contribution in [1.82, 2.24) is 26.5 Å². The summed E-state index contributed by atoms with van der Waals surface area (Å²) in [6.07, 6.45) is 6.11. The highest BCUT2D eigenvalue weighted by atomic mass is 16.2. The van der Waals surface area contributed by atoms with Gasteiger partial charge in [0.05, 0.1) is 12.6 Å². The molecule has 2 atom stereocenters. The van der Waals surface area contributed by atoms with Gasteiger partial charge in [-0.05, 0) is 85.0 Å². The lowest BCUT2D eigenvalue weighted by atomic mass is 9.69. The molecule has 2 aromatic rings. The summed E-state index contributed by atoms with van der Waals surface area (Å²) in [5.41, 5.74) is 8.08. The van der Waals surface area contributed by atoms with Crippen molar-refractivity contribution in [3.63, 3.8) is 0 Å². The molecule has 10 heteroatoms. The monoisotopic (exact) mass is 628 g/mol. The maximum atomic E-state index is 14.5. The van der Waals surface area contributed by atoms with Crippen molar-refractivity contribution in [2.24, 2.45) is 32.1 Å². The molecule has 2 fully saturated rings. The molecule has 0 aromatic heterocycles. The highest BCUT2D eigenvalue weighted by Crippen LogP contribution is 2.48. The zero-order chi connectivity index (χ0) is 33.0. The van der Waals surface area contributed by atoms with Gasteiger partial charge in [0.2, 0.25) is 0 Å². The van der Waals surface area contributed by atoms with Crippen LogP contribution in [0.5, 0.6) is 0 Å². The van der Waals surface area contributed by atoms with Crippen LogP contribution in [-0.4, -0.2) is 47.5 Å². The average molecular weight is 629 g/mol. The molecule has 2 aliphatic heterocycles. The van der Waals surface area contributed by atoms with E-state index in [1.807, 2.05) is 42.5 Å². The zero-order valence-corrected chi connectivity index (χ0v) is 28.4. The van der Waals surface area contributed by atoms with Gasteiger partial charge in [0.15, 0.2) is 12.0 Å². The first kappa shape index (κ1) is 33.6. The normalized spacial score (nSPS) is 24.7. The van der Waals surface area contributed by atoms with E-state index in [1.165, 1.54) is 5.56 Å². The molecular weight excluding hydrogens is 576 g/mol. The SMILES string of the molecule is CC(C)(C)CCC(c1ccc(C(=O)NCC2N=NNN2)cc1)N1C(=O)C(=NCCc2ccccc2)NC12CCC(C(C)(C)C)CC2.